The minimum atomic E-state index is -0.606. The Morgan fingerprint density at radius 3 is 2.70 bits per heavy atom. The van der Waals surface area contributed by atoms with Gasteiger partial charge in [-0.25, -0.2) is 9.97 Å². The van der Waals surface area contributed by atoms with E-state index in [9.17, 15) is 4.39 Å². The molecule has 1 atom stereocenters. The Bertz CT molecular complexity index is 713. The smallest absolute Gasteiger partial charge is 0.316 e. The Kier molecular flexibility index (Phi) is 4.24. The number of ether oxygens (including phenoxy) is 3. The molecule has 2 aromatic heterocycles. The number of nitrogens with zero attached hydrogens (tertiary/aromatic N) is 4. The number of hydrogen-bond donors (Lipinski definition) is 0. The van der Waals surface area contributed by atoms with Gasteiger partial charge in [-0.05, 0) is 0 Å². The second-order valence-electron chi connectivity index (χ2n) is 4.98. The fourth-order valence-electron chi connectivity index (χ4n) is 2.64. The van der Waals surface area contributed by atoms with Crippen LogP contribution in [0.25, 0.3) is 0 Å². The van der Waals surface area contributed by atoms with Crippen LogP contribution in [0, 0.1) is 5.95 Å². The average molecular weight is 320 g/mol. The van der Waals surface area contributed by atoms with Crippen LogP contribution in [0.4, 0.5) is 10.2 Å². The van der Waals surface area contributed by atoms with Crippen molar-refractivity contribution in [2.45, 2.75) is 12.6 Å². The number of hydrogen-bond acceptors (Lipinski definition) is 7. The van der Waals surface area contributed by atoms with Crippen molar-refractivity contribution >= 4 is 5.82 Å². The molecule has 0 amide bonds. The van der Waals surface area contributed by atoms with Gasteiger partial charge in [-0.3, -0.25) is 0 Å². The summed E-state index contributed by atoms with van der Waals surface area (Å²) in [5.74, 6) is 0.236. The summed E-state index contributed by atoms with van der Waals surface area (Å²) in [5, 5.41) is 0. The van der Waals surface area contributed by atoms with Crippen LogP contribution in [0.5, 0.6) is 11.8 Å². The first-order chi connectivity index (χ1) is 11.2. The van der Waals surface area contributed by atoms with Gasteiger partial charge in [0.15, 0.2) is 6.23 Å². The minimum Gasteiger partial charge on any atom is -0.496 e. The third-order valence-electron chi connectivity index (χ3n) is 3.71. The summed E-state index contributed by atoms with van der Waals surface area (Å²) in [6.45, 7) is 0.575. The lowest BCUT2D eigenvalue weighted by Crippen LogP contribution is -2.37. The topological polar surface area (TPSA) is 69.6 Å². The maximum Gasteiger partial charge on any atom is 0.316 e. The highest BCUT2D eigenvalue weighted by molar-refractivity contribution is 5.48. The molecular weight excluding hydrogens is 303 g/mol. The molecular formula is C15H17FN4O3. The fraction of sp³-hybridized carbons (Fsp3) is 0.400. The summed E-state index contributed by atoms with van der Waals surface area (Å²) in [5.41, 5.74) is 1.66. The van der Waals surface area contributed by atoms with E-state index in [1.54, 1.807) is 19.4 Å². The molecule has 7 nitrogen and oxygen atoms in total. The van der Waals surface area contributed by atoms with Crippen molar-refractivity contribution in [1.29, 1.82) is 0 Å². The van der Waals surface area contributed by atoms with Crippen molar-refractivity contribution in [2.75, 3.05) is 32.8 Å². The average Bonchev–Trinajstić information content (AvgIpc) is 2.59. The number of halogens is 1. The van der Waals surface area contributed by atoms with E-state index in [0.717, 1.165) is 11.3 Å². The van der Waals surface area contributed by atoms with Gasteiger partial charge in [0.05, 0.1) is 19.9 Å². The molecule has 0 bridgehead atoms. The first-order valence-electron chi connectivity index (χ1n) is 7.07. The molecule has 1 aliphatic heterocycles. The van der Waals surface area contributed by atoms with Crippen LogP contribution >= 0.6 is 0 Å². The van der Waals surface area contributed by atoms with Gasteiger partial charge in [-0.15, -0.1) is 0 Å². The Labute approximate surface area is 133 Å². The minimum absolute atomic E-state index is 0.317. The second-order valence-corrected chi connectivity index (χ2v) is 4.98. The number of rotatable bonds is 4. The molecule has 2 aromatic rings. The van der Waals surface area contributed by atoms with Crippen LogP contribution in [0.15, 0.2) is 18.3 Å². The molecule has 23 heavy (non-hydrogen) atoms. The molecule has 0 radical (unpaired) electrons. The summed E-state index contributed by atoms with van der Waals surface area (Å²) in [4.78, 5) is 14.3. The Morgan fingerprint density at radius 2 is 2.00 bits per heavy atom. The molecule has 1 aliphatic rings. The number of methoxy groups -OCH3 is 3. The van der Waals surface area contributed by atoms with E-state index >= 15 is 0 Å². The van der Waals surface area contributed by atoms with Crippen molar-refractivity contribution in [3.8, 4) is 11.8 Å². The molecule has 0 aromatic carbocycles. The van der Waals surface area contributed by atoms with Gasteiger partial charge in [0.25, 0.3) is 0 Å². The summed E-state index contributed by atoms with van der Waals surface area (Å²) in [6, 6.07) is 3.22. The Morgan fingerprint density at radius 1 is 1.17 bits per heavy atom. The molecule has 0 spiro atoms. The van der Waals surface area contributed by atoms with Gasteiger partial charge in [-0.2, -0.15) is 9.37 Å². The zero-order chi connectivity index (χ0) is 16.4. The van der Waals surface area contributed by atoms with E-state index in [4.69, 9.17) is 14.2 Å². The van der Waals surface area contributed by atoms with Gasteiger partial charge >= 0.3 is 6.01 Å². The lowest BCUT2D eigenvalue weighted by atomic mass is 10.1. The third kappa shape index (κ3) is 2.89. The largest absolute Gasteiger partial charge is 0.496 e. The zero-order valence-electron chi connectivity index (χ0n) is 13.1. The molecule has 1 unspecified atom stereocenters. The molecule has 0 N–H and O–H groups in total. The maximum absolute atomic E-state index is 13.7. The molecule has 0 fully saturated rings. The van der Waals surface area contributed by atoms with Crippen LogP contribution in [0.2, 0.25) is 0 Å². The number of fused-ring (bicyclic) bond motifs is 1. The van der Waals surface area contributed by atoms with E-state index in [1.165, 1.54) is 20.3 Å². The first-order valence-corrected chi connectivity index (χ1v) is 7.07. The SMILES string of the molecule is COc1cc(F)nc(N2CCc3nc(OC)ncc3C2OC)c1. The van der Waals surface area contributed by atoms with Gasteiger partial charge in [0, 0.05) is 44.0 Å². The molecule has 0 saturated carbocycles. The van der Waals surface area contributed by atoms with E-state index in [1.807, 2.05) is 4.90 Å². The number of aromatic nitrogens is 3. The predicted octanol–water partition coefficient (Wildman–Crippen LogP) is 1.74. The highest BCUT2D eigenvalue weighted by atomic mass is 19.1. The maximum atomic E-state index is 13.7. The molecule has 0 aliphatic carbocycles. The summed E-state index contributed by atoms with van der Waals surface area (Å²) in [6.07, 6.45) is 1.86. The van der Waals surface area contributed by atoms with E-state index in [2.05, 4.69) is 15.0 Å². The number of anilines is 1. The van der Waals surface area contributed by atoms with Crippen LogP contribution in [-0.4, -0.2) is 42.8 Å². The van der Waals surface area contributed by atoms with E-state index in [0.29, 0.717) is 30.5 Å². The predicted molar refractivity (Wildman–Crippen MR) is 80.1 cm³/mol. The Balaban J connectivity index is 1.99. The first kappa shape index (κ1) is 15.4. The van der Waals surface area contributed by atoms with Crippen molar-refractivity contribution in [2.24, 2.45) is 0 Å². The molecule has 3 rings (SSSR count). The second kappa shape index (κ2) is 6.33. The fourth-order valence-corrected chi connectivity index (χ4v) is 2.64. The number of pyridine rings is 1. The monoisotopic (exact) mass is 320 g/mol. The van der Waals surface area contributed by atoms with Crippen LogP contribution in [0.1, 0.15) is 17.5 Å². The van der Waals surface area contributed by atoms with Gasteiger partial charge < -0.3 is 19.1 Å². The van der Waals surface area contributed by atoms with Crippen molar-refractivity contribution in [3.63, 3.8) is 0 Å². The highest BCUT2D eigenvalue weighted by Gasteiger charge is 2.30. The van der Waals surface area contributed by atoms with Crippen LogP contribution in [-0.2, 0) is 11.2 Å². The molecule has 3 heterocycles. The molecule has 8 heteroatoms. The van der Waals surface area contributed by atoms with Gasteiger partial charge in [0.2, 0.25) is 5.95 Å². The van der Waals surface area contributed by atoms with Crippen molar-refractivity contribution in [3.05, 3.63) is 35.5 Å². The van der Waals surface area contributed by atoms with E-state index in [-0.39, 0.29) is 0 Å². The Hall–Kier alpha value is -2.48. The third-order valence-corrected chi connectivity index (χ3v) is 3.71. The molecule has 0 saturated heterocycles. The van der Waals surface area contributed by atoms with Crippen LogP contribution in [0.3, 0.4) is 0 Å². The lowest BCUT2D eigenvalue weighted by Gasteiger charge is -2.36. The standard InChI is InChI=1S/C15H17FN4O3/c1-21-9-6-12(16)19-13(7-9)20-5-4-11-10(14(20)22-2)8-17-15(18-11)23-3/h6-8,14H,4-5H2,1-3H3. The van der Waals surface area contributed by atoms with Gasteiger partial charge in [0.1, 0.15) is 11.6 Å². The van der Waals surface area contributed by atoms with Crippen molar-refractivity contribution in [1.82, 2.24) is 15.0 Å². The summed E-state index contributed by atoms with van der Waals surface area (Å²) < 4.78 is 29.4. The van der Waals surface area contributed by atoms with Gasteiger partial charge in [-0.1, -0.05) is 0 Å². The van der Waals surface area contributed by atoms with Crippen molar-refractivity contribution < 1.29 is 18.6 Å². The lowest BCUT2D eigenvalue weighted by molar-refractivity contribution is 0.0922. The van der Waals surface area contributed by atoms with Crippen LogP contribution < -0.4 is 14.4 Å². The van der Waals surface area contributed by atoms with E-state index < -0.39 is 12.2 Å². The normalized spacial score (nSPS) is 16.9. The highest BCUT2D eigenvalue weighted by Crippen LogP contribution is 2.34. The molecule has 122 valence electrons. The zero-order valence-corrected chi connectivity index (χ0v) is 13.1. The summed E-state index contributed by atoms with van der Waals surface area (Å²) in [7, 11) is 4.58. The quantitative estimate of drug-likeness (QED) is 0.795. The summed E-state index contributed by atoms with van der Waals surface area (Å²) >= 11 is 0.